The second-order valence-electron chi connectivity index (χ2n) is 7.22. The molecule has 0 saturated carbocycles. The van der Waals surface area contributed by atoms with E-state index in [2.05, 4.69) is 0 Å². The Morgan fingerprint density at radius 2 is 1.80 bits per heavy atom. The van der Waals surface area contributed by atoms with Gasteiger partial charge in [0.1, 0.15) is 17.7 Å². The van der Waals surface area contributed by atoms with Crippen molar-refractivity contribution in [2.75, 3.05) is 19.8 Å². The van der Waals surface area contributed by atoms with Gasteiger partial charge in [0.15, 0.2) is 0 Å². The van der Waals surface area contributed by atoms with Gasteiger partial charge in [0, 0.05) is 18.0 Å². The summed E-state index contributed by atoms with van der Waals surface area (Å²) in [7, 11) is 0. The molecule has 1 atom stereocenters. The number of urea groups is 1. The van der Waals surface area contributed by atoms with Gasteiger partial charge in [-0.05, 0) is 34.1 Å². The van der Waals surface area contributed by atoms with Crippen molar-refractivity contribution in [2.24, 2.45) is 5.73 Å². The maximum Gasteiger partial charge on any atom is 0.319 e. The van der Waals surface area contributed by atoms with Crippen LogP contribution in [0.4, 0.5) is 4.79 Å². The van der Waals surface area contributed by atoms with Gasteiger partial charge in [-0.15, -0.1) is 4.65 Å². The third-order valence-corrected chi connectivity index (χ3v) is 5.18. The van der Waals surface area contributed by atoms with Crippen LogP contribution in [-0.4, -0.2) is 52.6 Å². The third-order valence-electron chi connectivity index (χ3n) is 5.18. The van der Waals surface area contributed by atoms with E-state index in [1.165, 1.54) is 4.90 Å². The quantitative estimate of drug-likeness (QED) is 0.743. The SMILES string of the molecule is CC1(C)CCCC(C)(C)[N+]1([O])C1COCCN1C(N)=O. The first-order chi connectivity index (χ1) is 9.13. The summed E-state index contributed by atoms with van der Waals surface area (Å²) in [5.74, 6) is 0. The molecule has 2 amide bonds. The average molecular weight is 285 g/mol. The Hall–Kier alpha value is -0.850. The minimum atomic E-state index is -0.549. The highest BCUT2D eigenvalue weighted by atomic mass is 16.6. The molecule has 0 aliphatic carbocycles. The second kappa shape index (κ2) is 4.86. The number of nitrogens with two attached hydrogens (primary N) is 1. The lowest BCUT2D eigenvalue weighted by Crippen LogP contribution is -2.79. The first kappa shape index (κ1) is 15.5. The van der Waals surface area contributed by atoms with Gasteiger partial charge in [-0.3, -0.25) is 4.90 Å². The molecule has 1 unspecified atom stereocenters. The summed E-state index contributed by atoms with van der Waals surface area (Å²) in [6.45, 7) is 9.08. The number of hydroxylamine groups is 3. The zero-order valence-electron chi connectivity index (χ0n) is 13.0. The molecule has 0 aromatic heterocycles. The second-order valence-corrected chi connectivity index (χ2v) is 7.22. The molecule has 0 spiro atoms. The van der Waals surface area contributed by atoms with Crippen LogP contribution >= 0.6 is 0 Å². The van der Waals surface area contributed by atoms with Crippen LogP contribution in [0.1, 0.15) is 47.0 Å². The number of quaternary nitrogens is 1. The smallest absolute Gasteiger partial charge is 0.319 e. The lowest BCUT2D eigenvalue weighted by atomic mass is 9.78. The van der Waals surface area contributed by atoms with E-state index in [-0.39, 0.29) is 6.61 Å². The fraction of sp³-hybridized carbons (Fsp3) is 0.929. The molecule has 6 nitrogen and oxygen atoms in total. The number of carbonyl (C=O) groups is 1. The van der Waals surface area contributed by atoms with E-state index in [0.29, 0.717) is 13.2 Å². The van der Waals surface area contributed by atoms with Crippen LogP contribution in [0.3, 0.4) is 0 Å². The van der Waals surface area contributed by atoms with Gasteiger partial charge in [-0.2, -0.15) is 0 Å². The van der Waals surface area contributed by atoms with Crippen LogP contribution < -0.4 is 5.73 Å². The number of ether oxygens (including phenoxy) is 1. The van der Waals surface area contributed by atoms with Gasteiger partial charge in [0.05, 0.1) is 13.2 Å². The van der Waals surface area contributed by atoms with Crippen LogP contribution in [0, 0.1) is 0 Å². The summed E-state index contributed by atoms with van der Waals surface area (Å²) < 4.78 is 5.06. The number of nitrogens with zero attached hydrogens (tertiary/aromatic N) is 2. The Morgan fingerprint density at radius 1 is 1.25 bits per heavy atom. The van der Waals surface area contributed by atoms with E-state index >= 15 is 0 Å². The zero-order valence-corrected chi connectivity index (χ0v) is 13.0. The Bertz CT molecular complexity index is 379. The number of carbonyl (C=O) groups excluding carboxylic acids is 1. The van der Waals surface area contributed by atoms with Crippen LogP contribution in [0.15, 0.2) is 0 Å². The van der Waals surface area contributed by atoms with Gasteiger partial charge in [-0.1, -0.05) is 0 Å². The Balaban J connectivity index is 2.45. The molecule has 2 N–H and O–H groups in total. The molecule has 2 saturated heterocycles. The van der Waals surface area contributed by atoms with Crippen LogP contribution in [0.5, 0.6) is 0 Å². The van der Waals surface area contributed by atoms with Crippen molar-refractivity contribution in [3.05, 3.63) is 0 Å². The van der Waals surface area contributed by atoms with Gasteiger partial charge in [0.25, 0.3) is 0 Å². The molecule has 115 valence electrons. The molecular formula is C14H27N3O3+. The maximum atomic E-state index is 13.9. The fourth-order valence-corrected chi connectivity index (χ4v) is 4.06. The van der Waals surface area contributed by atoms with Crippen molar-refractivity contribution in [1.82, 2.24) is 4.90 Å². The number of rotatable bonds is 1. The minimum Gasteiger partial charge on any atom is -0.371 e. The van der Waals surface area contributed by atoms with Crippen LogP contribution in [-0.2, 0) is 9.94 Å². The number of primary amides is 1. The number of piperidine rings is 1. The summed E-state index contributed by atoms with van der Waals surface area (Å²) in [5.41, 5.74) is 4.57. The molecule has 0 aromatic rings. The van der Waals surface area contributed by atoms with E-state index in [4.69, 9.17) is 10.5 Å². The summed E-state index contributed by atoms with van der Waals surface area (Å²) in [5, 5.41) is 13.9. The van der Waals surface area contributed by atoms with Gasteiger partial charge in [0.2, 0.25) is 6.17 Å². The largest absolute Gasteiger partial charge is 0.371 e. The van der Waals surface area contributed by atoms with Crippen LogP contribution in [0.2, 0.25) is 0 Å². The standard InChI is InChI=1S/C14H27N3O3/c1-13(2)6-5-7-14(3,4)17(13,19)11-10-20-9-8-16(11)12(15)18/h11H,5-10H2,1-4H3,(H2,15,18)/q+1. The first-order valence-corrected chi connectivity index (χ1v) is 7.37. The Kier molecular flexibility index (Phi) is 3.77. The highest BCUT2D eigenvalue weighted by Gasteiger charge is 2.65. The monoisotopic (exact) mass is 285 g/mol. The zero-order chi connectivity index (χ0) is 15.2. The molecule has 2 rings (SSSR count). The van der Waals surface area contributed by atoms with Gasteiger partial charge < -0.3 is 10.5 Å². The molecule has 2 aliphatic rings. The molecule has 6 heteroatoms. The van der Waals surface area contributed by atoms with E-state index in [9.17, 15) is 10.0 Å². The van der Waals surface area contributed by atoms with E-state index in [1.807, 2.05) is 27.7 Å². The third kappa shape index (κ3) is 2.10. The predicted octanol–water partition coefficient (Wildman–Crippen LogP) is 1.63. The van der Waals surface area contributed by atoms with E-state index in [1.54, 1.807) is 0 Å². The molecule has 1 radical (unpaired) electrons. The first-order valence-electron chi connectivity index (χ1n) is 7.37. The average Bonchev–Trinajstić information content (AvgIpc) is 2.35. The lowest BCUT2D eigenvalue weighted by Gasteiger charge is -2.58. The number of hydrogen-bond donors (Lipinski definition) is 1. The maximum absolute atomic E-state index is 13.9. The van der Waals surface area contributed by atoms with Crippen molar-refractivity contribution >= 4 is 6.03 Å². The normalized spacial score (nSPS) is 31.9. The minimum absolute atomic E-state index is 0.263. The number of likely N-dealkylation sites (tertiary alicyclic amines) is 1. The van der Waals surface area contributed by atoms with E-state index < -0.39 is 27.9 Å². The van der Waals surface area contributed by atoms with Crippen LogP contribution in [0.25, 0.3) is 0 Å². The van der Waals surface area contributed by atoms with Crippen molar-refractivity contribution in [3.63, 3.8) is 0 Å². The van der Waals surface area contributed by atoms with Crippen molar-refractivity contribution in [3.8, 4) is 0 Å². The highest BCUT2D eigenvalue weighted by Crippen LogP contribution is 2.47. The summed E-state index contributed by atoms with van der Waals surface area (Å²) in [4.78, 5) is 13.2. The molecule has 20 heavy (non-hydrogen) atoms. The predicted molar refractivity (Wildman–Crippen MR) is 73.9 cm³/mol. The Labute approximate surface area is 121 Å². The number of morpholine rings is 1. The summed E-state index contributed by atoms with van der Waals surface area (Å²) >= 11 is 0. The van der Waals surface area contributed by atoms with Gasteiger partial charge in [-0.25, -0.2) is 4.79 Å². The summed E-state index contributed by atoms with van der Waals surface area (Å²) in [6, 6.07) is -0.524. The summed E-state index contributed by atoms with van der Waals surface area (Å²) in [6.07, 6.45) is 2.19. The molecule has 2 fully saturated rings. The molecule has 2 aliphatic heterocycles. The molecule has 0 aromatic carbocycles. The molecular weight excluding hydrogens is 258 g/mol. The topological polar surface area (TPSA) is 75.5 Å². The highest BCUT2D eigenvalue weighted by molar-refractivity contribution is 5.72. The molecule has 2 heterocycles. The Morgan fingerprint density at radius 3 is 2.30 bits per heavy atom. The molecule has 0 bridgehead atoms. The van der Waals surface area contributed by atoms with Crippen molar-refractivity contribution in [2.45, 2.75) is 64.2 Å². The lowest BCUT2D eigenvalue weighted by molar-refractivity contribution is -1.22. The number of amides is 2. The van der Waals surface area contributed by atoms with E-state index in [0.717, 1.165) is 19.3 Å². The van der Waals surface area contributed by atoms with Gasteiger partial charge >= 0.3 is 6.03 Å². The fourth-order valence-electron chi connectivity index (χ4n) is 4.06. The number of hydrogen-bond acceptors (Lipinski definition) is 2. The van der Waals surface area contributed by atoms with Crippen molar-refractivity contribution in [1.29, 1.82) is 0 Å². The van der Waals surface area contributed by atoms with Crippen molar-refractivity contribution < 1.29 is 19.4 Å².